The summed E-state index contributed by atoms with van der Waals surface area (Å²) in [7, 11) is 0. The second kappa shape index (κ2) is 7.72. The van der Waals surface area contributed by atoms with Crippen molar-refractivity contribution in [3.63, 3.8) is 0 Å². The first-order valence-electron chi connectivity index (χ1n) is 7.29. The van der Waals surface area contributed by atoms with E-state index in [1.807, 2.05) is 0 Å². The predicted molar refractivity (Wildman–Crippen MR) is 82.6 cm³/mol. The maximum atomic E-state index is 11.8. The maximum absolute atomic E-state index is 11.8. The molecule has 2 rings (SSSR count). The van der Waals surface area contributed by atoms with E-state index in [-0.39, 0.29) is 23.4 Å². The SMILES string of the molecule is CC(C)CN1CCOC(CNC(=O)Cn2ccsc2=O)C1. The molecule has 1 amide bonds. The van der Waals surface area contributed by atoms with Gasteiger partial charge in [-0.3, -0.25) is 19.1 Å². The van der Waals surface area contributed by atoms with Crippen LogP contribution in [-0.2, 0) is 16.1 Å². The summed E-state index contributed by atoms with van der Waals surface area (Å²) >= 11 is 1.09. The van der Waals surface area contributed by atoms with Gasteiger partial charge < -0.3 is 10.1 Å². The summed E-state index contributed by atoms with van der Waals surface area (Å²) in [6.45, 7) is 8.52. The molecule has 1 aliphatic heterocycles. The number of carbonyl (C=O) groups is 1. The molecule has 0 radical (unpaired) electrons. The van der Waals surface area contributed by atoms with E-state index in [1.54, 1.807) is 11.6 Å². The van der Waals surface area contributed by atoms with Gasteiger partial charge in [-0.15, -0.1) is 0 Å². The number of thiazole rings is 1. The lowest BCUT2D eigenvalue weighted by molar-refractivity contribution is -0.123. The molecule has 118 valence electrons. The number of hydrogen-bond acceptors (Lipinski definition) is 5. The van der Waals surface area contributed by atoms with Crippen LogP contribution in [0, 0.1) is 5.92 Å². The average molecular weight is 313 g/mol. The van der Waals surface area contributed by atoms with Crippen molar-refractivity contribution in [3.8, 4) is 0 Å². The molecule has 1 atom stereocenters. The molecule has 1 unspecified atom stereocenters. The monoisotopic (exact) mass is 313 g/mol. The standard InChI is InChI=1S/C14H23N3O3S/c1-11(2)8-16-3-5-20-12(9-16)7-15-13(18)10-17-4-6-21-14(17)19/h4,6,11-12H,3,5,7-10H2,1-2H3,(H,15,18). The van der Waals surface area contributed by atoms with Crippen molar-refractivity contribution in [1.82, 2.24) is 14.8 Å². The van der Waals surface area contributed by atoms with Crippen molar-refractivity contribution >= 4 is 17.2 Å². The number of carbonyl (C=O) groups excluding carboxylic acids is 1. The van der Waals surface area contributed by atoms with E-state index in [4.69, 9.17) is 4.74 Å². The minimum Gasteiger partial charge on any atom is -0.374 e. The molecule has 1 aromatic heterocycles. The van der Waals surface area contributed by atoms with Crippen LogP contribution in [0.25, 0.3) is 0 Å². The highest BCUT2D eigenvalue weighted by atomic mass is 32.1. The molecule has 0 aliphatic carbocycles. The molecule has 21 heavy (non-hydrogen) atoms. The first-order valence-corrected chi connectivity index (χ1v) is 8.17. The van der Waals surface area contributed by atoms with E-state index in [0.29, 0.717) is 19.1 Å². The highest BCUT2D eigenvalue weighted by Gasteiger charge is 2.21. The van der Waals surface area contributed by atoms with Gasteiger partial charge in [0.05, 0.1) is 12.7 Å². The third-order valence-electron chi connectivity index (χ3n) is 3.33. The van der Waals surface area contributed by atoms with Gasteiger partial charge in [0.2, 0.25) is 5.91 Å². The summed E-state index contributed by atoms with van der Waals surface area (Å²) in [5.74, 6) is 0.476. The summed E-state index contributed by atoms with van der Waals surface area (Å²) in [4.78, 5) is 25.5. The van der Waals surface area contributed by atoms with Gasteiger partial charge in [0.25, 0.3) is 0 Å². The molecule has 0 bridgehead atoms. The number of morpholine rings is 1. The molecule has 2 heterocycles. The van der Waals surface area contributed by atoms with Gasteiger partial charge in [0.15, 0.2) is 0 Å². The fourth-order valence-electron chi connectivity index (χ4n) is 2.43. The van der Waals surface area contributed by atoms with Gasteiger partial charge in [0, 0.05) is 37.8 Å². The van der Waals surface area contributed by atoms with E-state index in [1.165, 1.54) is 4.57 Å². The smallest absolute Gasteiger partial charge is 0.307 e. The summed E-state index contributed by atoms with van der Waals surface area (Å²) in [6.07, 6.45) is 1.66. The summed E-state index contributed by atoms with van der Waals surface area (Å²) in [6, 6.07) is 0. The lowest BCUT2D eigenvalue weighted by Gasteiger charge is -2.33. The average Bonchev–Trinajstić information content (AvgIpc) is 2.82. The first kappa shape index (κ1) is 16.2. The summed E-state index contributed by atoms with van der Waals surface area (Å²) in [5, 5.41) is 4.53. The van der Waals surface area contributed by atoms with E-state index in [2.05, 4.69) is 24.1 Å². The Kier molecular flexibility index (Phi) is 5.96. The molecule has 1 N–H and O–H groups in total. The number of aromatic nitrogens is 1. The van der Waals surface area contributed by atoms with Gasteiger partial charge >= 0.3 is 4.87 Å². The predicted octanol–water partition coefficient (Wildman–Crippen LogP) is 0.383. The van der Waals surface area contributed by atoms with Crippen LogP contribution in [0.3, 0.4) is 0 Å². The fraction of sp³-hybridized carbons (Fsp3) is 0.714. The van der Waals surface area contributed by atoms with Gasteiger partial charge in [-0.1, -0.05) is 25.2 Å². The lowest BCUT2D eigenvalue weighted by atomic mass is 10.2. The van der Waals surface area contributed by atoms with Crippen LogP contribution in [0.2, 0.25) is 0 Å². The Balaban J connectivity index is 1.73. The van der Waals surface area contributed by atoms with Crippen molar-refractivity contribution < 1.29 is 9.53 Å². The second-order valence-electron chi connectivity index (χ2n) is 5.75. The largest absolute Gasteiger partial charge is 0.374 e. The van der Waals surface area contributed by atoms with Crippen molar-refractivity contribution in [1.29, 1.82) is 0 Å². The molecule has 1 aromatic rings. The van der Waals surface area contributed by atoms with Gasteiger partial charge in [-0.2, -0.15) is 0 Å². The van der Waals surface area contributed by atoms with Crippen LogP contribution in [0.4, 0.5) is 0 Å². The molecule has 1 fully saturated rings. The minimum absolute atomic E-state index is 0.0284. The van der Waals surface area contributed by atoms with Gasteiger partial charge in [-0.05, 0) is 5.92 Å². The second-order valence-corrected chi connectivity index (χ2v) is 6.60. The van der Waals surface area contributed by atoms with Crippen LogP contribution < -0.4 is 10.2 Å². The Bertz CT molecular complexity index is 512. The topological polar surface area (TPSA) is 63.6 Å². The van der Waals surface area contributed by atoms with Crippen molar-refractivity contribution in [3.05, 3.63) is 21.2 Å². The van der Waals surface area contributed by atoms with Crippen molar-refractivity contribution in [2.24, 2.45) is 5.92 Å². The normalized spacial score (nSPS) is 19.9. The Morgan fingerprint density at radius 1 is 1.57 bits per heavy atom. The quantitative estimate of drug-likeness (QED) is 0.825. The number of nitrogens with one attached hydrogen (secondary N) is 1. The van der Waals surface area contributed by atoms with E-state index in [9.17, 15) is 9.59 Å². The molecule has 7 heteroatoms. The zero-order chi connectivity index (χ0) is 15.2. The van der Waals surface area contributed by atoms with Crippen LogP contribution in [0.1, 0.15) is 13.8 Å². The Morgan fingerprint density at radius 2 is 2.38 bits per heavy atom. The van der Waals surface area contributed by atoms with Gasteiger partial charge in [0.1, 0.15) is 6.54 Å². The Labute approximate surface area is 128 Å². The van der Waals surface area contributed by atoms with Crippen LogP contribution in [0.5, 0.6) is 0 Å². The molecule has 0 aromatic carbocycles. The van der Waals surface area contributed by atoms with E-state index < -0.39 is 0 Å². The summed E-state index contributed by atoms with van der Waals surface area (Å²) < 4.78 is 7.09. The molecule has 1 aliphatic rings. The number of hydrogen-bond donors (Lipinski definition) is 1. The highest BCUT2D eigenvalue weighted by Crippen LogP contribution is 2.07. The number of rotatable bonds is 6. The van der Waals surface area contributed by atoms with E-state index in [0.717, 1.165) is 31.0 Å². The van der Waals surface area contributed by atoms with Crippen LogP contribution >= 0.6 is 11.3 Å². The zero-order valence-electron chi connectivity index (χ0n) is 12.6. The zero-order valence-corrected chi connectivity index (χ0v) is 13.4. The van der Waals surface area contributed by atoms with Crippen LogP contribution in [0.15, 0.2) is 16.4 Å². The van der Waals surface area contributed by atoms with E-state index >= 15 is 0 Å². The third kappa shape index (κ3) is 5.26. The van der Waals surface area contributed by atoms with Crippen LogP contribution in [-0.4, -0.2) is 54.3 Å². The fourth-order valence-corrected chi connectivity index (χ4v) is 3.02. The molecule has 6 nitrogen and oxygen atoms in total. The van der Waals surface area contributed by atoms with Crippen molar-refractivity contribution in [2.45, 2.75) is 26.5 Å². The lowest BCUT2D eigenvalue weighted by Crippen LogP contribution is -2.48. The number of ether oxygens (including phenoxy) is 1. The number of nitrogens with zero attached hydrogens (tertiary/aromatic N) is 2. The molecule has 0 spiro atoms. The van der Waals surface area contributed by atoms with Crippen molar-refractivity contribution in [2.75, 3.05) is 32.8 Å². The molecule has 0 saturated carbocycles. The maximum Gasteiger partial charge on any atom is 0.307 e. The number of amides is 1. The molecular formula is C14H23N3O3S. The third-order valence-corrected chi connectivity index (χ3v) is 4.03. The Hall–Kier alpha value is -1.18. The van der Waals surface area contributed by atoms with Gasteiger partial charge in [-0.25, -0.2) is 0 Å². The minimum atomic E-state index is -0.153. The molecule has 1 saturated heterocycles. The summed E-state index contributed by atoms with van der Waals surface area (Å²) in [5.41, 5.74) is 0. The Morgan fingerprint density at radius 3 is 3.05 bits per heavy atom. The highest BCUT2D eigenvalue weighted by molar-refractivity contribution is 7.07. The first-order chi connectivity index (χ1) is 10.0. The molecular weight excluding hydrogens is 290 g/mol.